The molecule has 3 heterocycles. The lowest BCUT2D eigenvalue weighted by Gasteiger charge is -2.32. The van der Waals surface area contributed by atoms with E-state index in [1.807, 2.05) is 6.92 Å². The highest BCUT2D eigenvalue weighted by atomic mass is 32.1. The molecule has 0 bridgehead atoms. The molecule has 1 unspecified atom stereocenters. The molecular weight excluding hydrogens is 438 g/mol. The summed E-state index contributed by atoms with van der Waals surface area (Å²) in [7, 11) is 0. The Labute approximate surface area is 178 Å². The lowest BCUT2D eigenvalue weighted by molar-refractivity contribution is -0.0488. The third kappa shape index (κ3) is 4.38. The molecule has 0 radical (unpaired) electrons. The highest BCUT2D eigenvalue weighted by Crippen LogP contribution is 2.35. The average Bonchev–Trinajstić information content (AvgIpc) is 3.30. The highest BCUT2D eigenvalue weighted by Gasteiger charge is 2.43. The van der Waals surface area contributed by atoms with Gasteiger partial charge >= 0.3 is 0 Å². The van der Waals surface area contributed by atoms with Crippen LogP contribution in [-0.2, 0) is 6.61 Å². The monoisotopic (exact) mass is 457 g/mol. The van der Waals surface area contributed by atoms with E-state index >= 15 is 0 Å². The number of piperidine rings is 1. The third-order valence-corrected chi connectivity index (χ3v) is 6.02. The molecule has 1 aliphatic heterocycles. The number of fused-ring (bicyclic) bond motifs is 1. The quantitative estimate of drug-likeness (QED) is 0.536. The van der Waals surface area contributed by atoms with E-state index in [2.05, 4.69) is 15.6 Å². The fraction of sp³-hybridized carbons (Fsp3) is 0.400. The van der Waals surface area contributed by atoms with E-state index in [0.717, 1.165) is 10.6 Å². The Morgan fingerprint density at radius 3 is 2.94 bits per heavy atom. The van der Waals surface area contributed by atoms with Crippen LogP contribution < -0.4 is 15.4 Å². The Morgan fingerprint density at radius 2 is 2.26 bits per heavy atom. The first-order valence-corrected chi connectivity index (χ1v) is 10.4. The van der Waals surface area contributed by atoms with Crippen molar-refractivity contribution < 1.29 is 31.5 Å². The van der Waals surface area contributed by atoms with Gasteiger partial charge in [0, 0.05) is 5.39 Å². The van der Waals surface area contributed by atoms with Crippen LogP contribution in [-0.4, -0.2) is 35.9 Å². The Bertz CT molecular complexity index is 1100. The molecule has 0 aliphatic carbocycles. The number of furan rings is 1. The van der Waals surface area contributed by atoms with Crippen LogP contribution in [0.3, 0.4) is 0 Å². The Kier molecular flexibility index (Phi) is 5.89. The van der Waals surface area contributed by atoms with E-state index in [-0.39, 0.29) is 30.5 Å². The van der Waals surface area contributed by atoms with Crippen LogP contribution in [0.2, 0.25) is 0 Å². The van der Waals surface area contributed by atoms with Crippen molar-refractivity contribution in [3.8, 4) is 5.75 Å². The number of carbonyl (C=O) groups is 1. The van der Waals surface area contributed by atoms with E-state index in [1.54, 1.807) is 5.51 Å². The van der Waals surface area contributed by atoms with Crippen molar-refractivity contribution in [1.29, 1.82) is 0 Å². The summed E-state index contributed by atoms with van der Waals surface area (Å²) in [5.74, 6) is -4.77. The number of halogens is 4. The number of amides is 1. The van der Waals surface area contributed by atoms with Crippen LogP contribution in [0.5, 0.6) is 5.75 Å². The number of hydrogen-bond donors (Lipinski definition) is 2. The number of aryl methyl sites for hydroxylation is 1. The maximum absolute atomic E-state index is 14.1. The minimum absolute atomic E-state index is 0.0267. The van der Waals surface area contributed by atoms with Crippen LogP contribution in [0.25, 0.3) is 11.0 Å². The molecule has 2 aromatic heterocycles. The SMILES string of the molecule is Cc1ncsc1COc1ccc2oc(C(F)F)c(C(=O)NC3CCNCC3(F)F)c2c1. The minimum atomic E-state index is -3.20. The molecule has 3 aromatic rings. The number of nitrogens with zero attached hydrogens (tertiary/aromatic N) is 1. The topological polar surface area (TPSA) is 76.4 Å². The lowest BCUT2D eigenvalue weighted by atomic mass is 10.0. The van der Waals surface area contributed by atoms with Gasteiger partial charge in [-0.3, -0.25) is 4.79 Å². The summed E-state index contributed by atoms with van der Waals surface area (Å²) in [4.78, 5) is 17.8. The molecule has 4 rings (SSSR count). The Hall–Kier alpha value is -2.66. The number of aromatic nitrogens is 1. The lowest BCUT2D eigenvalue weighted by Crippen LogP contribution is -2.57. The van der Waals surface area contributed by atoms with Gasteiger partial charge in [0.05, 0.1) is 34.2 Å². The van der Waals surface area contributed by atoms with Gasteiger partial charge in [-0.15, -0.1) is 11.3 Å². The van der Waals surface area contributed by atoms with Gasteiger partial charge in [0.15, 0.2) is 5.76 Å². The van der Waals surface area contributed by atoms with Gasteiger partial charge in [0.25, 0.3) is 18.3 Å². The van der Waals surface area contributed by atoms with E-state index in [1.165, 1.54) is 29.5 Å². The number of ether oxygens (including phenoxy) is 1. The molecule has 1 fully saturated rings. The predicted molar refractivity (Wildman–Crippen MR) is 106 cm³/mol. The van der Waals surface area contributed by atoms with Crippen molar-refractivity contribution in [3.05, 3.63) is 45.6 Å². The summed E-state index contributed by atoms with van der Waals surface area (Å²) in [6, 6.07) is 2.87. The second-order valence-electron chi connectivity index (χ2n) is 7.20. The molecule has 6 nitrogen and oxygen atoms in total. The van der Waals surface area contributed by atoms with Crippen LogP contribution in [0.1, 0.15) is 39.5 Å². The molecule has 0 spiro atoms. The largest absolute Gasteiger partial charge is 0.488 e. The van der Waals surface area contributed by atoms with Crippen molar-refractivity contribution in [1.82, 2.24) is 15.6 Å². The molecule has 1 saturated heterocycles. The van der Waals surface area contributed by atoms with Gasteiger partial charge in [-0.25, -0.2) is 22.5 Å². The zero-order chi connectivity index (χ0) is 22.2. The Morgan fingerprint density at radius 1 is 1.45 bits per heavy atom. The number of thiazole rings is 1. The summed E-state index contributed by atoms with van der Waals surface area (Å²) in [6.45, 7) is 1.73. The highest BCUT2D eigenvalue weighted by molar-refractivity contribution is 7.09. The van der Waals surface area contributed by atoms with E-state index < -0.39 is 42.2 Å². The fourth-order valence-corrected chi connectivity index (χ4v) is 4.12. The first-order valence-electron chi connectivity index (χ1n) is 9.52. The van der Waals surface area contributed by atoms with Crippen molar-refractivity contribution in [2.45, 2.75) is 38.3 Å². The smallest absolute Gasteiger partial charge is 0.296 e. The summed E-state index contributed by atoms with van der Waals surface area (Å²) in [6.07, 6.45) is -3.12. The average molecular weight is 457 g/mol. The number of rotatable bonds is 6. The number of alkyl halides is 4. The zero-order valence-corrected chi connectivity index (χ0v) is 17.2. The van der Waals surface area contributed by atoms with Gasteiger partial charge in [-0.05, 0) is 38.1 Å². The van der Waals surface area contributed by atoms with Crippen molar-refractivity contribution >= 4 is 28.2 Å². The fourth-order valence-electron chi connectivity index (χ4n) is 3.43. The second kappa shape index (κ2) is 8.46. The van der Waals surface area contributed by atoms with Gasteiger partial charge in [-0.2, -0.15) is 0 Å². The maximum atomic E-state index is 14.1. The normalized spacial score (nSPS) is 18.5. The number of hydrogen-bond acceptors (Lipinski definition) is 6. The number of benzene rings is 1. The molecule has 1 aromatic carbocycles. The van der Waals surface area contributed by atoms with Crippen LogP contribution in [0.15, 0.2) is 28.1 Å². The maximum Gasteiger partial charge on any atom is 0.296 e. The Balaban J connectivity index is 1.64. The molecule has 1 atom stereocenters. The third-order valence-electron chi connectivity index (χ3n) is 5.11. The predicted octanol–water partition coefficient (Wildman–Crippen LogP) is 4.44. The summed E-state index contributed by atoms with van der Waals surface area (Å²) < 4.78 is 66.2. The van der Waals surface area contributed by atoms with E-state index in [4.69, 9.17) is 9.15 Å². The molecule has 11 heteroatoms. The van der Waals surface area contributed by atoms with E-state index in [9.17, 15) is 22.4 Å². The van der Waals surface area contributed by atoms with Crippen molar-refractivity contribution in [2.24, 2.45) is 0 Å². The second-order valence-corrected chi connectivity index (χ2v) is 8.14. The van der Waals surface area contributed by atoms with Crippen molar-refractivity contribution in [2.75, 3.05) is 13.1 Å². The van der Waals surface area contributed by atoms with Gasteiger partial charge in [0.1, 0.15) is 17.9 Å². The molecule has 1 amide bonds. The van der Waals surface area contributed by atoms with Gasteiger partial charge < -0.3 is 19.8 Å². The van der Waals surface area contributed by atoms with E-state index in [0.29, 0.717) is 5.75 Å². The number of nitrogens with one attached hydrogen (secondary N) is 2. The standard InChI is InChI=1S/C20H19F4N3O3S/c1-10-14(31-9-26-10)7-29-11-2-3-13-12(6-11)16(17(30-13)18(21)22)19(28)27-15-4-5-25-8-20(15,23)24/h2-3,6,9,15,18,25H,4-5,7-8H2,1H3,(H,27,28). The molecule has 1 aliphatic rings. The summed E-state index contributed by atoms with van der Waals surface area (Å²) in [5.41, 5.74) is 2.08. The van der Waals surface area contributed by atoms with Gasteiger partial charge in [-0.1, -0.05) is 0 Å². The first-order chi connectivity index (χ1) is 14.8. The molecule has 31 heavy (non-hydrogen) atoms. The molecule has 166 valence electrons. The molecule has 2 N–H and O–H groups in total. The minimum Gasteiger partial charge on any atom is -0.488 e. The number of carbonyl (C=O) groups excluding carboxylic acids is 1. The van der Waals surface area contributed by atoms with Crippen LogP contribution in [0.4, 0.5) is 17.6 Å². The van der Waals surface area contributed by atoms with Gasteiger partial charge in [0.2, 0.25) is 0 Å². The van der Waals surface area contributed by atoms with Crippen LogP contribution in [0, 0.1) is 6.92 Å². The molecular formula is C20H19F4N3O3S. The van der Waals surface area contributed by atoms with Crippen molar-refractivity contribution in [3.63, 3.8) is 0 Å². The summed E-state index contributed by atoms with van der Waals surface area (Å²) in [5, 5.41) is 4.83. The molecule has 0 saturated carbocycles. The summed E-state index contributed by atoms with van der Waals surface area (Å²) >= 11 is 1.41. The van der Waals surface area contributed by atoms with Crippen LogP contribution >= 0.6 is 11.3 Å². The first kappa shape index (κ1) is 21.6. The zero-order valence-electron chi connectivity index (χ0n) is 16.4.